The number of fused-ring (bicyclic) bond motifs is 3. The number of aromatic nitrogens is 6. The van der Waals surface area contributed by atoms with Crippen molar-refractivity contribution in [1.82, 2.24) is 29.5 Å². The molecule has 0 radical (unpaired) electrons. The zero-order chi connectivity index (χ0) is 21.5. The summed E-state index contributed by atoms with van der Waals surface area (Å²) in [5, 5.41) is 12.5. The van der Waals surface area contributed by atoms with E-state index >= 15 is 0 Å². The van der Waals surface area contributed by atoms with Crippen LogP contribution in [-0.2, 0) is 33.4 Å². The molecule has 158 valence electrons. The monoisotopic (exact) mass is 415 g/mol. The molecule has 0 bridgehead atoms. The molecule has 3 heterocycles. The van der Waals surface area contributed by atoms with E-state index in [1.165, 1.54) is 5.56 Å². The summed E-state index contributed by atoms with van der Waals surface area (Å²) in [5.41, 5.74) is 7.69. The smallest absolute Gasteiger partial charge is 0.228 e. The van der Waals surface area contributed by atoms with Gasteiger partial charge in [0.05, 0.1) is 24.2 Å². The van der Waals surface area contributed by atoms with Crippen LogP contribution in [-0.4, -0.2) is 36.6 Å². The molecule has 8 nitrogen and oxygen atoms in total. The van der Waals surface area contributed by atoms with Gasteiger partial charge >= 0.3 is 0 Å². The Bertz CT molecular complexity index is 1250. The molecule has 0 amide bonds. The standard InChI is InChI=1S/C23H25N7O/c1-14-10-20(28-29(14)2)25-23-24-13-16-8-9-18-21(22(16)26-23)19(30(3)27-18)12-15-6-5-7-17(11-15)31-4/h5-7,10-11,13H,8-9,12H2,1-4H3,(H,24,25,26,28). The molecule has 3 aromatic heterocycles. The highest BCUT2D eigenvalue weighted by Gasteiger charge is 2.26. The first-order valence-electron chi connectivity index (χ1n) is 10.3. The maximum absolute atomic E-state index is 5.40. The largest absolute Gasteiger partial charge is 0.497 e. The summed E-state index contributed by atoms with van der Waals surface area (Å²) in [4.78, 5) is 9.42. The summed E-state index contributed by atoms with van der Waals surface area (Å²) in [6.45, 7) is 2.01. The highest BCUT2D eigenvalue weighted by atomic mass is 16.5. The van der Waals surface area contributed by atoms with Gasteiger partial charge in [0.25, 0.3) is 0 Å². The van der Waals surface area contributed by atoms with Crippen molar-refractivity contribution in [3.05, 3.63) is 64.7 Å². The number of rotatable bonds is 5. The second-order valence-electron chi connectivity index (χ2n) is 7.91. The van der Waals surface area contributed by atoms with Crippen LogP contribution >= 0.6 is 0 Å². The molecule has 0 unspecified atom stereocenters. The van der Waals surface area contributed by atoms with Gasteiger partial charge in [-0.3, -0.25) is 9.36 Å². The minimum Gasteiger partial charge on any atom is -0.497 e. The summed E-state index contributed by atoms with van der Waals surface area (Å²) in [6.07, 6.45) is 4.46. The maximum atomic E-state index is 5.40. The van der Waals surface area contributed by atoms with Crippen LogP contribution in [0.2, 0.25) is 0 Å². The van der Waals surface area contributed by atoms with Crippen molar-refractivity contribution in [3.8, 4) is 17.0 Å². The van der Waals surface area contributed by atoms with Gasteiger partial charge in [-0.1, -0.05) is 12.1 Å². The molecule has 0 fully saturated rings. The van der Waals surface area contributed by atoms with Gasteiger partial charge in [-0.15, -0.1) is 0 Å². The third-order valence-corrected chi connectivity index (χ3v) is 5.83. The van der Waals surface area contributed by atoms with Crippen molar-refractivity contribution in [2.75, 3.05) is 12.4 Å². The lowest BCUT2D eigenvalue weighted by molar-refractivity contribution is 0.414. The topological polar surface area (TPSA) is 82.7 Å². The van der Waals surface area contributed by atoms with Gasteiger partial charge in [-0.05, 0) is 43.0 Å². The zero-order valence-corrected chi connectivity index (χ0v) is 18.2. The summed E-state index contributed by atoms with van der Waals surface area (Å²) >= 11 is 0. The molecule has 1 aromatic carbocycles. The molecule has 1 aliphatic carbocycles. The highest BCUT2D eigenvalue weighted by Crippen LogP contribution is 2.36. The lowest BCUT2D eigenvalue weighted by Crippen LogP contribution is -2.09. The SMILES string of the molecule is COc1cccc(Cc2c3c(nn2C)CCc2cnc(Nc4cc(C)n(C)n4)nc2-3)c1. The normalized spacial score (nSPS) is 12.4. The molecular formula is C23H25N7O. The zero-order valence-electron chi connectivity index (χ0n) is 18.2. The first kappa shape index (κ1) is 19.3. The first-order valence-corrected chi connectivity index (χ1v) is 10.3. The number of hydrogen-bond acceptors (Lipinski definition) is 6. The number of benzene rings is 1. The molecule has 0 atom stereocenters. The molecule has 1 N–H and O–H groups in total. The fourth-order valence-corrected chi connectivity index (χ4v) is 4.10. The Morgan fingerprint density at radius 3 is 2.74 bits per heavy atom. The number of nitrogens with one attached hydrogen (secondary N) is 1. The maximum Gasteiger partial charge on any atom is 0.228 e. The van der Waals surface area contributed by atoms with Crippen LogP contribution in [0.4, 0.5) is 11.8 Å². The van der Waals surface area contributed by atoms with E-state index in [0.717, 1.165) is 64.7 Å². The van der Waals surface area contributed by atoms with Crippen molar-refractivity contribution >= 4 is 11.8 Å². The Balaban J connectivity index is 1.54. The summed E-state index contributed by atoms with van der Waals surface area (Å²) < 4.78 is 9.20. The van der Waals surface area contributed by atoms with Gasteiger partial charge < -0.3 is 10.1 Å². The van der Waals surface area contributed by atoms with Crippen molar-refractivity contribution in [2.24, 2.45) is 14.1 Å². The van der Waals surface area contributed by atoms with E-state index in [-0.39, 0.29) is 0 Å². The first-order chi connectivity index (χ1) is 15.0. The predicted octanol–water partition coefficient (Wildman–Crippen LogP) is 3.36. The Hall–Kier alpha value is -3.68. The van der Waals surface area contributed by atoms with E-state index in [1.54, 1.807) is 7.11 Å². The molecule has 0 spiro atoms. The van der Waals surface area contributed by atoms with Gasteiger partial charge in [0.15, 0.2) is 5.82 Å². The van der Waals surface area contributed by atoms with E-state index in [1.807, 2.05) is 54.8 Å². The number of nitrogens with zero attached hydrogens (tertiary/aromatic N) is 6. The Labute approximate surface area is 180 Å². The van der Waals surface area contributed by atoms with Crippen LogP contribution in [0.15, 0.2) is 36.5 Å². The minimum absolute atomic E-state index is 0.542. The van der Waals surface area contributed by atoms with Crippen LogP contribution in [0.5, 0.6) is 5.75 Å². The summed E-state index contributed by atoms with van der Waals surface area (Å²) in [7, 11) is 5.61. The average molecular weight is 416 g/mol. The lowest BCUT2D eigenvalue weighted by atomic mass is 9.91. The molecule has 5 rings (SSSR count). The fourth-order valence-electron chi connectivity index (χ4n) is 4.10. The number of anilines is 2. The average Bonchev–Trinajstić information content (AvgIpc) is 3.26. The molecule has 0 saturated carbocycles. The van der Waals surface area contributed by atoms with Crippen molar-refractivity contribution in [2.45, 2.75) is 26.2 Å². The Kier molecular flexibility index (Phi) is 4.69. The van der Waals surface area contributed by atoms with Gasteiger partial charge in [-0.25, -0.2) is 9.97 Å². The predicted molar refractivity (Wildman–Crippen MR) is 119 cm³/mol. The molecular weight excluding hydrogens is 390 g/mol. The van der Waals surface area contributed by atoms with Gasteiger partial charge in [0.1, 0.15) is 5.75 Å². The lowest BCUT2D eigenvalue weighted by Gasteiger charge is -2.17. The minimum atomic E-state index is 0.542. The molecule has 0 saturated heterocycles. The van der Waals surface area contributed by atoms with Crippen LogP contribution in [0.3, 0.4) is 0 Å². The quantitative estimate of drug-likeness (QED) is 0.538. The molecule has 0 aliphatic heterocycles. The van der Waals surface area contributed by atoms with Crippen LogP contribution in [0.25, 0.3) is 11.3 Å². The fraction of sp³-hybridized carbons (Fsp3) is 0.304. The van der Waals surface area contributed by atoms with E-state index in [2.05, 4.69) is 27.5 Å². The number of hydrogen-bond donors (Lipinski definition) is 1. The van der Waals surface area contributed by atoms with Crippen molar-refractivity contribution in [3.63, 3.8) is 0 Å². The third kappa shape index (κ3) is 3.54. The second kappa shape index (κ2) is 7.54. The highest BCUT2D eigenvalue weighted by molar-refractivity contribution is 5.72. The van der Waals surface area contributed by atoms with E-state index < -0.39 is 0 Å². The van der Waals surface area contributed by atoms with Gasteiger partial charge in [0.2, 0.25) is 5.95 Å². The second-order valence-corrected chi connectivity index (χ2v) is 7.91. The number of aryl methyl sites for hydroxylation is 5. The van der Waals surface area contributed by atoms with E-state index in [4.69, 9.17) is 14.8 Å². The molecule has 8 heteroatoms. The van der Waals surface area contributed by atoms with Gasteiger partial charge in [-0.2, -0.15) is 10.2 Å². The van der Waals surface area contributed by atoms with Crippen LogP contribution in [0.1, 0.15) is 28.2 Å². The summed E-state index contributed by atoms with van der Waals surface area (Å²) in [6, 6.07) is 10.1. The van der Waals surface area contributed by atoms with Crippen molar-refractivity contribution in [1.29, 1.82) is 0 Å². The van der Waals surface area contributed by atoms with E-state index in [9.17, 15) is 0 Å². The molecule has 4 aromatic rings. The third-order valence-electron chi connectivity index (χ3n) is 5.83. The summed E-state index contributed by atoms with van der Waals surface area (Å²) in [5.74, 6) is 2.13. The van der Waals surface area contributed by atoms with Crippen LogP contribution < -0.4 is 10.1 Å². The molecule has 31 heavy (non-hydrogen) atoms. The van der Waals surface area contributed by atoms with E-state index in [0.29, 0.717) is 5.95 Å². The number of ether oxygens (including phenoxy) is 1. The number of methoxy groups -OCH3 is 1. The Morgan fingerprint density at radius 2 is 1.97 bits per heavy atom. The van der Waals surface area contributed by atoms with Gasteiger partial charge in [0, 0.05) is 44.0 Å². The van der Waals surface area contributed by atoms with Crippen molar-refractivity contribution < 1.29 is 4.74 Å². The van der Waals surface area contributed by atoms with Crippen LogP contribution in [0, 0.1) is 6.92 Å². The molecule has 1 aliphatic rings. The Morgan fingerprint density at radius 1 is 1.10 bits per heavy atom.